The molecule has 0 aliphatic carbocycles. The minimum absolute atomic E-state index is 0.342. The number of halogens is 3. The monoisotopic (exact) mass is 333 g/mol. The van der Waals surface area contributed by atoms with Gasteiger partial charge in [-0.1, -0.05) is 18.2 Å². The fourth-order valence-electron chi connectivity index (χ4n) is 2.42. The molecule has 3 aromatic rings. The van der Waals surface area contributed by atoms with Gasteiger partial charge < -0.3 is 10.1 Å². The third-order valence-corrected chi connectivity index (χ3v) is 3.60. The van der Waals surface area contributed by atoms with Crippen molar-refractivity contribution in [1.29, 1.82) is 0 Å². The first-order valence-corrected chi connectivity index (χ1v) is 6.84. The molecule has 0 saturated heterocycles. The molecule has 0 unspecified atom stereocenters. The maximum Gasteiger partial charge on any atom is 0.416 e. The molecule has 0 fully saturated rings. The molecule has 4 nitrogen and oxygen atoms in total. The summed E-state index contributed by atoms with van der Waals surface area (Å²) in [5.41, 5.74) is -0.703. The lowest BCUT2D eigenvalue weighted by Gasteiger charge is -2.09. The van der Waals surface area contributed by atoms with Crippen molar-refractivity contribution in [2.75, 3.05) is 0 Å². The van der Waals surface area contributed by atoms with Gasteiger partial charge in [-0.25, -0.2) is 4.79 Å². The SMILES string of the molecule is O=C(O)c1cc2cc(-c3cccc(C(F)(F)F)c3)ccc2[nH]c1=O. The number of rotatable bonds is 2. The number of benzene rings is 2. The molecule has 0 spiro atoms. The number of nitrogens with one attached hydrogen (secondary N) is 1. The average Bonchev–Trinajstić information content (AvgIpc) is 2.53. The Hall–Kier alpha value is -3.09. The van der Waals surface area contributed by atoms with Crippen molar-refractivity contribution in [1.82, 2.24) is 4.98 Å². The summed E-state index contributed by atoms with van der Waals surface area (Å²) >= 11 is 0. The predicted octanol–water partition coefficient (Wildman–Crippen LogP) is 3.91. The van der Waals surface area contributed by atoms with Crippen molar-refractivity contribution in [3.8, 4) is 11.1 Å². The zero-order valence-electron chi connectivity index (χ0n) is 12.0. The summed E-state index contributed by atoms with van der Waals surface area (Å²) in [6.07, 6.45) is -4.45. The highest BCUT2D eigenvalue weighted by molar-refractivity contribution is 5.93. The highest BCUT2D eigenvalue weighted by Gasteiger charge is 2.30. The third kappa shape index (κ3) is 2.88. The van der Waals surface area contributed by atoms with Gasteiger partial charge in [0.25, 0.3) is 5.56 Å². The van der Waals surface area contributed by atoms with E-state index in [1.165, 1.54) is 30.3 Å². The number of carbonyl (C=O) groups is 1. The minimum atomic E-state index is -4.45. The number of aromatic carboxylic acids is 1. The summed E-state index contributed by atoms with van der Waals surface area (Å²) in [6, 6.07) is 10.7. The highest BCUT2D eigenvalue weighted by Crippen LogP contribution is 2.32. The van der Waals surface area contributed by atoms with Gasteiger partial charge in [-0.3, -0.25) is 4.79 Å². The number of hydrogen-bond donors (Lipinski definition) is 2. The lowest BCUT2D eigenvalue weighted by molar-refractivity contribution is -0.137. The fourth-order valence-corrected chi connectivity index (χ4v) is 2.42. The standard InChI is InChI=1S/C17H10F3NO3/c18-17(19,20)12-3-1-2-9(7-12)10-4-5-14-11(6-10)8-13(16(23)24)15(22)21-14/h1-8H,(H,21,22)(H,23,24). The van der Waals surface area contributed by atoms with E-state index >= 15 is 0 Å². The molecular formula is C17H10F3NO3. The Morgan fingerprint density at radius 3 is 2.38 bits per heavy atom. The van der Waals surface area contributed by atoms with Gasteiger partial charge in [0, 0.05) is 5.52 Å². The number of pyridine rings is 1. The van der Waals surface area contributed by atoms with E-state index in [0.717, 1.165) is 12.1 Å². The van der Waals surface area contributed by atoms with Crippen LogP contribution in [0.25, 0.3) is 22.0 Å². The van der Waals surface area contributed by atoms with E-state index in [9.17, 15) is 22.8 Å². The first kappa shape index (κ1) is 15.8. The van der Waals surface area contributed by atoms with Crippen molar-refractivity contribution in [2.24, 2.45) is 0 Å². The second-order valence-electron chi connectivity index (χ2n) is 5.20. The number of aromatic amines is 1. The van der Waals surface area contributed by atoms with Crippen LogP contribution in [0.3, 0.4) is 0 Å². The van der Waals surface area contributed by atoms with E-state index in [1.54, 1.807) is 6.07 Å². The molecule has 0 radical (unpaired) electrons. The van der Waals surface area contributed by atoms with Crippen LogP contribution >= 0.6 is 0 Å². The number of hydrogen-bond acceptors (Lipinski definition) is 2. The molecule has 3 rings (SSSR count). The van der Waals surface area contributed by atoms with Crippen LogP contribution in [0.2, 0.25) is 0 Å². The number of aromatic nitrogens is 1. The van der Waals surface area contributed by atoms with Gasteiger partial charge in [-0.15, -0.1) is 0 Å². The largest absolute Gasteiger partial charge is 0.477 e. The molecule has 24 heavy (non-hydrogen) atoms. The van der Waals surface area contributed by atoms with Gasteiger partial charge in [-0.2, -0.15) is 13.2 Å². The summed E-state index contributed by atoms with van der Waals surface area (Å²) in [7, 11) is 0. The summed E-state index contributed by atoms with van der Waals surface area (Å²) in [4.78, 5) is 25.1. The molecule has 0 amide bonds. The molecule has 0 atom stereocenters. The number of alkyl halides is 3. The quantitative estimate of drug-likeness (QED) is 0.747. The maximum absolute atomic E-state index is 12.8. The number of carboxylic acids is 1. The molecule has 2 N–H and O–H groups in total. The first-order valence-electron chi connectivity index (χ1n) is 6.84. The van der Waals surface area contributed by atoms with Crippen molar-refractivity contribution in [3.05, 3.63) is 70.0 Å². The van der Waals surface area contributed by atoms with Crippen LogP contribution < -0.4 is 5.56 Å². The van der Waals surface area contributed by atoms with Crippen LogP contribution in [-0.4, -0.2) is 16.1 Å². The van der Waals surface area contributed by atoms with E-state index in [1.807, 2.05) is 0 Å². The van der Waals surface area contributed by atoms with Gasteiger partial charge in [0.15, 0.2) is 0 Å². The second kappa shape index (κ2) is 5.52. The molecule has 7 heteroatoms. The number of carboxylic acid groups (broad SMARTS) is 1. The van der Waals surface area contributed by atoms with Crippen molar-refractivity contribution in [2.45, 2.75) is 6.18 Å². The van der Waals surface area contributed by atoms with Crippen LogP contribution in [0, 0.1) is 0 Å². The molecule has 0 bridgehead atoms. The van der Waals surface area contributed by atoms with Crippen molar-refractivity contribution in [3.63, 3.8) is 0 Å². The Morgan fingerprint density at radius 1 is 1.00 bits per heavy atom. The second-order valence-corrected chi connectivity index (χ2v) is 5.20. The average molecular weight is 333 g/mol. The van der Waals surface area contributed by atoms with E-state index in [2.05, 4.69) is 4.98 Å². The Kier molecular flexibility index (Phi) is 3.63. The lowest BCUT2D eigenvalue weighted by atomic mass is 10.0. The summed E-state index contributed by atoms with van der Waals surface area (Å²) in [5, 5.41) is 9.41. The number of fused-ring (bicyclic) bond motifs is 1. The predicted molar refractivity (Wildman–Crippen MR) is 82.0 cm³/mol. The summed E-state index contributed by atoms with van der Waals surface area (Å²) in [5.74, 6) is -1.37. The van der Waals surface area contributed by atoms with Gasteiger partial charge in [-0.05, 0) is 46.8 Å². The highest BCUT2D eigenvalue weighted by atomic mass is 19.4. The molecule has 2 aromatic carbocycles. The molecule has 1 heterocycles. The molecule has 0 aliphatic heterocycles. The Labute approximate surface area is 133 Å². The van der Waals surface area contributed by atoms with E-state index < -0.39 is 28.8 Å². The summed E-state index contributed by atoms with van der Waals surface area (Å²) < 4.78 is 38.5. The Balaban J connectivity index is 2.16. The van der Waals surface area contributed by atoms with Gasteiger partial charge >= 0.3 is 12.1 Å². The Morgan fingerprint density at radius 2 is 1.71 bits per heavy atom. The molecule has 122 valence electrons. The van der Waals surface area contributed by atoms with E-state index in [-0.39, 0.29) is 0 Å². The maximum atomic E-state index is 12.8. The first-order chi connectivity index (χ1) is 11.3. The number of H-pyrrole nitrogens is 1. The van der Waals surface area contributed by atoms with Crippen molar-refractivity contribution < 1.29 is 23.1 Å². The summed E-state index contributed by atoms with van der Waals surface area (Å²) in [6.45, 7) is 0. The minimum Gasteiger partial charge on any atom is -0.477 e. The van der Waals surface area contributed by atoms with Crippen molar-refractivity contribution >= 4 is 16.9 Å². The third-order valence-electron chi connectivity index (χ3n) is 3.60. The fraction of sp³-hybridized carbons (Fsp3) is 0.0588. The van der Waals surface area contributed by atoms with Crippen LogP contribution in [0.4, 0.5) is 13.2 Å². The molecule has 0 aliphatic rings. The molecule has 1 aromatic heterocycles. The van der Waals surface area contributed by atoms with Crippen LogP contribution in [0.5, 0.6) is 0 Å². The zero-order valence-corrected chi connectivity index (χ0v) is 12.0. The van der Waals surface area contributed by atoms with Gasteiger partial charge in [0.05, 0.1) is 5.56 Å². The topological polar surface area (TPSA) is 70.2 Å². The van der Waals surface area contributed by atoms with E-state index in [0.29, 0.717) is 22.0 Å². The van der Waals surface area contributed by atoms with Gasteiger partial charge in [0.2, 0.25) is 0 Å². The van der Waals surface area contributed by atoms with E-state index in [4.69, 9.17) is 5.11 Å². The van der Waals surface area contributed by atoms with Crippen LogP contribution in [0.1, 0.15) is 15.9 Å². The molecule has 0 saturated carbocycles. The molecular weight excluding hydrogens is 323 g/mol. The van der Waals surface area contributed by atoms with Crippen LogP contribution in [0.15, 0.2) is 53.3 Å². The Bertz CT molecular complexity index is 1010. The van der Waals surface area contributed by atoms with Gasteiger partial charge in [0.1, 0.15) is 5.56 Å². The van der Waals surface area contributed by atoms with Crippen LogP contribution in [-0.2, 0) is 6.18 Å². The normalized spacial score (nSPS) is 11.6. The zero-order chi connectivity index (χ0) is 17.5. The lowest BCUT2D eigenvalue weighted by Crippen LogP contribution is -2.16. The smallest absolute Gasteiger partial charge is 0.416 e.